The molecule has 0 saturated heterocycles. The lowest BCUT2D eigenvalue weighted by Gasteiger charge is -2.28. The van der Waals surface area contributed by atoms with Crippen molar-refractivity contribution in [2.24, 2.45) is 0 Å². The Labute approximate surface area is 170 Å². The Balaban J connectivity index is 2.06. The van der Waals surface area contributed by atoms with E-state index in [0.29, 0.717) is 0 Å². The van der Waals surface area contributed by atoms with Gasteiger partial charge in [0.25, 0.3) is 0 Å². The number of aryl methyl sites for hydroxylation is 1. The SMILES string of the molecule is C=Cc1cccc(N(c2ccc(C)cc2)c2ccc(C(C)(C)CCC)cc2)c1. The van der Waals surface area contributed by atoms with E-state index in [1.165, 1.54) is 29.7 Å². The molecule has 0 aliphatic rings. The zero-order valence-corrected chi connectivity index (χ0v) is 17.6. The second kappa shape index (κ2) is 8.48. The fourth-order valence-corrected chi connectivity index (χ4v) is 3.76. The van der Waals surface area contributed by atoms with Gasteiger partial charge in [-0.25, -0.2) is 0 Å². The smallest absolute Gasteiger partial charge is 0.0467 e. The lowest BCUT2D eigenvalue weighted by molar-refractivity contribution is 0.473. The van der Waals surface area contributed by atoms with Gasteiger partial charge in [-0.1, -0.05) is 81.8 Å². The van der Waals surface area contributed by atoms with Crippen LogP contribution in [-0.2, 0) is 5.41 Å². The van der Waals surface area contributed by atoms with E-state index in [4.69, 9.17) is 0 Å². The van der Waals surface area contributed by atoms with Gasteiger partial charge in [0.15, 0.2) is 0 Å². The molecule has 0 aliphatic carbocycles. The predicted octanol–water partition coefficient (Wildman–Crippen LogP) is 8.19. The number of anilines is 3. The van der Waals surface area contributed by atoms with Gasteiger partial charge in [-0.05, 0) is 66.3 Å². The summed E-state index contributed by atoms with van der Waals surface area (Å²) < 4.78 is 0. The summed E-state index contributed by atoms with van der Waals surface area (Å²) in [6, 6.07) is 26.3. The molecule has 0 unspecified atom stereocenters. The first-order chi connectivity index (χ1) is 13.4. The Hall–Kier alpha value is -2.80. The summed E-state index contributed by atoms with van der Waals surface area (Å²) in [6.07, 6.45) is 4.28. The monoisotopic (exact) mass is 369 g/mol. The van der Waals surface area contributed by atoms with Gasteiger partial charge >= 0.3 is 0 Å². The standard InChI is InChI=1S/C27H31N/c1-6-19-27(4,5)23-13-17-25(18-14-23)28(24-15-11-21(3)12-16-24)26-10-8-9-22(7-2)20-26/h7-18,20H,2,6,19H2,1,3-5H3. The van der Waals surface area contributed by atoms with E-state index in [9.17, 15) is 0 Å². The summed E-state index contributed by atoms with van der Waals surface area (Å²) in [5.41, 5.74) is 7.44. The lowest BCUT2D eigenvalue weighted by atomic mass is 9.81. The van der Waals surface area contributed by atoms with Crippen LogP contribution < -0.4 is 4.90 Å². The minimum atomic E-state index is 0.199. The molecule has 0 spiro atoms. The largest absolute Gasteiger partial charge is 0.310 e. The normalized spacial score (nSPS) is 11.3. The molecular formula is C27H31N. The fourth-order valence-electron chi connectivity index (χ4n) is 3.76. The van der Waals surface area contributed by atoms with Crippen molar-refractivity contribution in [2.45, 2.75) is 46.0 Å². The summed E-state index contributed by atoms with van der Waals surface area (Å²) in [5.74, 6) is 0. The minimum absolute atomic E-state index is 0.199. The van der Waals surface area contributed by atoms with Crippen LogP contribution in [0.2, 0.25) is 0 Å². The van der Waals surface area contributed by atoms with E-state index < -0.39 is 0 Å². The average molecular weight is 370 g/mol. The molecule has 0 fully saturated rings. The van der Waals surface area contributed by atoms with Gasteiger partial charge < -0.3 is 4.90 Å². The molecule has 0 aromatic heterocycles. The number of hydrogen-bond acceptors (Lipinski definition) is 1. The second-order valence-electron chi connectivity index (χ2n) is 8.15. The predicted molar refractivity (Wildman–Crippen MR) is 124 cm³/mol. The highest BCUT2D eigenvalue weighted by molar-refractivity contribution is 5.77. The average Bonchev–Trinajstić information content (AvgIpc) is 2.70. The van der Waals surface area contributed by atoms with Gasteiger partial charge in [0.05, 0.1) is 0 Å². The third-order valence-electron chi connectivity index (χ3n) is 5.44. The summed E-state index contributed by atoms with van der Waals surface area (Å²) >= 11 is 0. The molecule has 0 bridgehead atoms. The highest BCUT2D eigenvalue weighted by Gasteiger charge is 2.20. The molecular weight excluding hydrogens is 338 g/mol. The van der Waals surface area contributed by atoms with E-state index >= 15 is 0 Å². The van der Waals surface area contributed by atoms with E-state index in [2.05, 4.69) is 112 Å². The van der Waals surface area contributed by atoms with Crippen LogP contribution in [-0.4, -0.2) is 0 Å². The molecule has 0 atom stereocenters. The van der Waals surface area contributed by atoms with E-state index in [-0.39, 0.29) is 5.41 Å². The lowest BCUT2D eigenvalue weighted by Crippen LogP contribution is -2.17. The highest BCUT2D eigenvalue weighted by atomic mass is 15.1. The van der Waals surface area contributed by atoms with Crippen LogP contribution in [0, 0.1) is 6.92 Å². The van der Waals surface area contributed by atoms with E-state index in [1.807, 2.05) is 6.08 Å². The zero-order chi connectivity index (χ0) is 20.1. The van der Waals surface area contributed by atoms with Crippen LogP contribution in [0.25, 0.3) is 6.08 Å². The van der Waals surface area contributed by atoms with Gasteiger partial charge in [0.2, 0.25) is 0 Å². The van der Waals surface area contributed by atoms with Crippen LogP contribution in [0.1, 0.15) is 50.3 Å². The maximum Gasteiger partial charge on any atom is 0.0467 e. The van der Waals surface area contributed by atoms with Crippen LogP contribution in [0.3, 0.4) is 0 Å². The number of rotatable bonds is 7. The van der Waals surface area contributed by atoms with Crippen LogP contribution >= 0.6 is 0 Å². The van der Waals surface area contributed by atoms with Crippen molar-refractivity contribution in [1.29, 1.82) is 0 Å². The van der Waals surface area contributed by atoms with Gasteiger partial charge in [-0.15, -0.1) is 0 Å². The highest BCUT2D eigenvalue weighted by Crippen LogP contribution is 2.37. The Kier molecular flexibility index (Phi) is 6.04. The van der Waals surface area contributed by atoms with Crippen molar-refractivity contribution in [1.82, 2.24) is 0 Å². The number of hydrogen-bond donors (Lipinski definition) is 0. The molecule has 0 heterocycles. The van der Waals surface area contributed by atoms with Crippen LogP contribution in [0.5, 0.6) is 0 Å². The molecule has 144 valence electrons. The Morgan fingerprint density at radius 1 is 0.857 bits per heavy atom. The molecule has 0 amide bonds. The van der Waals surface area contributed by atoms with Gasteiger partial charge in [0, 0.05) is 17.1 Å². The first-order valence-electron chi connectivity index (χ1n) is 10.1. The Morgan fingerprint density at radius 3 is 2.04 bits per heavy atom. The van der Waals surface area contributed by atoms with E-state index in [1.54, 1.807) is 0 Å². The summed E-state index contributed by atoms with van der Waals surface area (Å²) in [6.45, 7) is 13.0. The number of nitrogens with zero attached hydrogens (tertiary/aromatic N) is 1. The number of benzene rings is 3. The molecule has 0 N–H and O–H groups in total. The molecule has 0 radical (unpaired) electrons. The topological polar surface area (TPSA) is 3.24 Å². The molecule has 3 aromatic rings. The first-order valence-corrected chi connectivity index (χ1v) is 10.1. The van der Waals surface area contributed by atoms with Crippen LogP contribution in [0.15, 0.2) is 79.4 Å². The first kappa shape index (κ1) is 19.9. The van der Waals surface area contributed by atoms with Crippen molar-refractivity contribution >= 4 is 23.1 Å². The van der Waals surface area contributed by atoms with Crippen molar-refractivity contribution < 1.29 is 0 Å². The molecule has 0 aliphatic heterocycles. The molecule has 3 aromatic carbocycles. The third kappa shape index (κ3) is 4.36. The molecule has 28 heavy (non-hydrogen) atoms. The Bertz CT molecular complexity index is 917. The summed E-state index contributed by atoms with van der Waals surface area (Å²) in [5, 5.41) is 0. The second-order valence-corrected chi connectivity index (χ2v) is 8.15. The fraction of sp³-hybridized carbons (Fsp3) is 0.259. The van der Waals surface area contributed by atoms with Crippen LogP contribution in [0.4, 0.5) is 17.1 Å². The van der Waals surface area contributed by atoms with Crippen molar-refractivity contribution in [2.75, 3.05) is 4.90 Å². The molecule has 3 rings (SSSR count). The summed E-state index contributed by atoms with van der Waals surface area (Å²) in [4.78, 5) is 2.31. The Morgan fingerprint density at radius 2 is 1.46 bits per heavy atom. The molecule has 1 nitrogen and oxygen atoms in total. The van der Waals surface area contributed by atoms with Crippen molar-refractivity contribution in [3.63, 3.8) is 0 Å². The van der Waals surface area contributed by atoms with Crippen molar-refractivity contribution in [3.8, 4) is 0 Å². The quantitative estimate of drug-likeness (QED) is 0.406. The van der Waals surface area contributed by atoms with E-state index in [0.717, 1.165) is 16.9 Å². The summed E-state index contributed by atoms with van der Waals surface area (Å²) in [7, 11) is 0. The maximum atomic E-state index is 3.93. The van der Waals surface area contributed by atoms with Gasteiger partial charge in [0.1, 0.15) is 0 Å². The van der Waals surface area contributed by atoms with Gasteiger partial charge in [-0.2, -0.15) is 0 Å². The third-order valence-corrected chi connectivity index (χ3v) is 5.44. The van der Waals surface area contributed by atoms with Gasteiger partial charge in [-0.3, -0.25) is 0 Å². The molecule has 1 heteroatoms. The molecule has 0 saturated carbocycles. The zero-order valence-electron chi connectivity index (χ0n) is 17.6. The maximum absolute atomic E-state index is 3.93. The minimum Gasteiger partial charge on any atom is -0.310 e. The van der Waals surface area contributed by atoms with Crippen molar-refractivity contribution in [3.05, 3.63) is 96.1 Å².